The lowest BCUT2D eigenvalue weighted by atomic mass is 10.2. The Bertz CT molecular complexity index is 948. The third-order valence-corrected chi connectivity index (χ3v) is 4.26. The minimum Gasteiger partial charge on any atom is -0.395 e. The van der Waals surface area contributed by atoms with Gasteiger partial charge in [-0.15, -0.1) is 0 Å². The molecule has 0 aliphatic heterocycles. The molecular formula is C21H22FN5O2. The largest absolute Gasteiger partial charge is 0.395 e. The van der Waals surface area contributed by atoms with Gasteiger partial charge in [0.05, 0.1) is 6.61 Å². The summed E-state index contributed by atoms with van der Waals surface area (Å²) >= 11 is 0. The van der Waals surface area contributed by atoms with Crippen LogP contribution in [0, 0.1) is 5.82 Å². The highest BCUT2D eigenvalue weighted by atomic mass is 19.1. The highest BCUT2D eigenvalue weighted by Gasteiger charge is 2.10. The van der Waals surface area contributed by atoms with Crippen LogP contribution < -0.4 is 15.5 Å². The summed E-state index contributed by atoms with van der Waals surface area (Å²) in [5, 5.41) is 14.9. The maximum Gasteiger partial charge on any atom is 0.274 e. The fourth-order valence-corrected chi connectivity index (χ4v) is 2.77. The molecule has 1 heterocycles. The monoisotopic (exact) mass is 395 g/mol. The Kier molecular flexibility index (Phi) is 6.70. The van der Waals surface area contributed by atoms with Crippen molar-refractivity contribution >= 4 is 28.8 Å². The molecule has 1 aromatic heterocycles. The topological polar surface area (TPSA) is 90.4 Å². The van der Waals surface area contributed by atoms with Crippen LogP contribution in [0.2, 0.25) is 0 Å². The molecule has 0 bridgehead atoms. The number of anilines is 4. The standard InChI is InChI=1S/C21H22FN5O2/c1-2-27(11-12-28)18-9-7-16(8-10-18)25-20-13-19(23-14-24-20)21(29)26-17-5-3-15(22)4-6-17/h3-10,13-14,28H,2,11-12H2,1H3,(H,26,29)(H,23,24,25). The fourth-order valence-electron chi connectivity index (χ4n) is 2.77. The molecule has 0 radical (unpaired) electrons. The number of aromatic nitrogens is 2. The van der Waals surface area contributed by atoms with Gasteiger partial charge in [0.15, 0.2) is 0 Å². The predicted octanol–water partition coefficient (Wildman–Crippen LogP) is 3.43. The summed E-state index contributed by atoms with van der Waals surface area (Å²) in [6.45, 7) is 3.49. The van der Waals surface area contributed by atoms with Gasteiger partial charge in [-0.3, -0.25) is 4.79 Å². The van der Waals surface area contributed by atoms with Crippen molar-refractivity contribution < 1.29 is 14.3 Å². The molecule has 2 aromatic carbocycles. The highest BCUT2D eigenvalue weighted by molar-refractivity contribution is 6.03. The lowest BCUT2D eigenvalue weighted by Gasteiger charge is -2.22. The first-order valence-corrected chi connectivity index (χ1v) is 9.21. The molecule has 0 unspecified atom stereocenters. The molecular weight excluding hydrogens is 373 g/mol. The van der Waals surface area contributed by atoms with Crippen LogP contribution in [0.25, 0.3) is 0 Å². The van der Waals surface area contributed by atoms with Crippen molar-refractivity contribution in [2.24, 2.45) is 0 Å². The number of hydrogen-bond donors (Lipinski definition) is 3. The summed E-state index contributed by atoms with van der Waals surface area (Å²) in [5.74, 6) is -0.319. The van der Waals surface area contributed by atoms with E-state index in [4.69, 9.17) is 5.11 Å². The van der Waals surface area contributed by atoms with Gasteiger partial charge < -0.3 is 20.6 Å². The van der Waals surface area contributed by atoms with E-state index in [1.807, 2.05) is 31.2 Å². The van der Waals surface area contributed by atoms with Crippen LogP contribution in [0.1, 0.15) is 17.4 Å². The van der Waals surface area contributed by atoms with E-state index in [2.05, 4.69) is 25.5 Å². The fraction of sp³-hybridized carbons (Fsp3) is 0.190. The molecule has 29 heavy (non-hydrogen) atoms. The molecule has 0 aliphatic carbocycles. The number of rotatable bonds is 8. The summed E-state index contributed by atoms with van der Waals surface area (Å²) in [5.41, 5.74) is 2.47. The van der Waals surface area contributed by atoms with Crippen molar-refractivity contribution in [3.05, 3.63) is 72.4 Å². The van der Waals surface area contributed by atoms with Gasteiger partial charge in [0.2, 0.25) is 0 Å². The lowest BCUT2D eigenvalue weighted by molar-refractivity contribution is 0.102. The number of nitrogens with zero attached hydrogens (tertiary/aromatic N) is 3. The van der Waals surface area contributed by atoms with Gasteiger partial charge in [-0.25, -0.2) is 14.4 Å². The Morgan fingerprint density at radius 2 is 1.76 bits per heavy atom. The van der Waals surface area contributed by atoms with Crippen LogP contribution >= 0.6 is 0 Å². The molecule has 8 heteroatoms. The van der Waals surface area contributed by atoms with Crippen LogP contribution in [-0.4, -0.2) is 40.7 Å². The zero-order valence-corrected chi connectivity index (χ0v) is 16.0. The van der Waals surface area contributed by atoms with Crippen molar-refractivity contribution in [2.75, 3.05) is 35.2 Å². The number of aliphatic hydroxyl groups excluding tert-OH is 1. The molecule has 150 valence electrons. The third kappa shape index (κ3) is 5.49. The Morgan fingerprint density at radius 3 is 2.41 bits per heavy atom. The number of benzene rings is 2. The number of likely N-dealkylation sites (N-methyl/N-ethyl adjacent to an activating group) is 1. The van der Waals surface area contributed by atoms with E-state index in [0.717, 1.165) is 17.9 Å². The molecule has 0 saturated carbocycles. The van der Waals surface area contributed by atoms with E-state index in [-0.39, 0.29) is 18.1 Å². The van der Waals surface area contributed by atoms with Crippen LogP contribution in [-0.2, 0) is 0 Å². The highest BCUT2D eigenvalue weighted by Crippen LogP contribution is 2.20. The molecule has 3 aromatic rings. The van der Waals surface area contributed by atoms with E-state index in [0.29, 0.717) is 18.1 Å². The van der Waals surface area contributed by atoms with Gasteiger partial charge in [0, 0.05) is 36.2 Å². The van der Waals surface area contributed by atoms with Crippen molar-refractivity contribution in [3.63, 3.8) is 0 Å². The molecule has 0 fully saturated rings. The quantitative estimate of drug-likeness (QED) is 0.541. The normalized spacial score (nSPS) is 10.4. The van der Waals surface area contributed by atoms with Gasteiger partial charge in [-0.2, -0.15) is 0 Å². The number of hydrogen-bond acceptors (Lipinski definition) is 6. The Balaban J connectivity index is 1.67. The second kappa shape index (κ2) is 9.61. The number of nitrogens with one attached hydrogen (secondary N) is 2. The Labute approximate surface area is 168 Å². The predicted molar refractivity (Wildman–Crippen MR) is 111 cm³/mol. The first-order chi connectivity index (χ1) is 14.1. The van der Waals surface area contributed by atoms with Crippen LogP contribution in [0.4, 0.5) is 27.3 Å². The van der Waals surface area contributed by atoms with Crippen LogP contribution in [0.15, 0.2) is 60.9 Å². The second-order valence-electron chi connectivity index (χ2n) is 6.22. The van der Waals surface area contributed by atoms with E-state index in [1.165, 1.54) is 36.7 Å². The number of halogens is 1. The first kappa shape index (κ1) is 20.2. The summed E-state index contributed by atoms with van der Waals surface area (Å²) < 4.78 is 13.0. The van der Waals surface area contributed by atoms with Crippen molar-refractivity contribution in [2.45, 2.75) is 6.92 Å². The Hall–Kier alpha value is -3.52. The molecule has 0 atom stereocenters. The average Bonchev–Trinajstić information content (AvgIpc) is 2.74. The van der Waals surface area contributed by atoms with Crippen molar-refractivity contribution in [1.29, 1.82) is 0 Å². The number of aliphatic hydroxyl groups is 1. The van der Waals surface area contributed by atoms with Gasteiger partial charge in [0.1, 0.15) is 23.7 Å². The van der Waals surface area contributed by atoms with E-state index in [9.17, 15) is 9.18 Å². The molecule has 3 rings (SSSR count). The molecule has 0 spiro atoms. The number of amides is 1. The van der Waals surface area contributed by atoms with Gasteiger partial charge in [-0.05, 0) is 55.5 Å². The van der Waals surface area contributed by atoms with Gasteiger partial charge in [0.25, 0.3) is 5.91 Å². The zero-order valence-electron chi connectivity index (χ0n) is 16.0. The maximum atomic E-state index is 13.0. The van der Waals surface area contributed by atoms with Crippen molar-refractivity contribution in [1.82, 2.24) is 9.97 Å². The number of carbonyl (C=O) groups excluding carboxylic acids is 1. The minimum atomic E-state index is -0.417. The SMILES string of the molecule is CCN(CCO)c1ccc(Nc2cc(C(=O)Nc3ccc(F)cc3)ncn2)cc1. The smallest absolute Gasteiger partial charge is 0.274 e. The first-order valence-electron chi connectivity index (χ1n) is 9.21. The van der Waals surface area contributed by atoms with E-state index < -0.39 is 5.91 Å². The minimum absolute atomic E-state index is 0.0948. The van der Waals surface area contributed by atoms with Crippen LogP contribution in [0.5, 0.6) is 0 Å². The average molecular weight is 395 g/mol. The molecule has 3 N–H and O–H groups in total. The van der Waals surface area contributed by atoms with Crippen molar-refractivity contribution in [3.8, 4) is 0 Å². The van der Waals surface area contributed by atoms with Gasteiger partial charge >= 0.3 is 0 Å². The van der Waals surface area contributed by atoms with Crippen LogP contribution in [0.3, 0.4) is 0 Å². The Morgan fingerprint density at radius 1 is 1.07 bits per heavy atom. The molecule has 7 nitrogen and oxygen atoms in total. The molecule has 0 aliphatic rings. The summed E-state index contributed by atoms with van der Waals surface area (Å²) in [6.07, 6.45) is 1.30. The molecule has 0 saturated heterocycles. The summed E-state index contributed by atoms with van der Waals surface area (Å²) in [7, 11) is 0. The van der Waals surface area contributed by atoms with E-state index in [1.54, 1.807) is 0 Å². The molecule has 1 amide bonds. The van der Waals surface area contributed by atoms with E-state index >= 15 is 0 Å². The summed E-state index contributed by atoms with van der Waals surface area (Å²) in [4.78, 5) is 22.6. The zero-order chi connectivity index (χ0) is 20.6. The third-order valence-electron chi connectivity index (χ3n) is 4.26. The maximum absolute atomic E-state index is 13.0. The van der Waals surface area contributed by atoms with Gasteiger partial charge in [-0.1, -0.05) is 0 Å². The summed E-state index contributed by atoms with van der Waals surface area (Å²) in [6, 6.07) is 14.7. The second-order valence-corrected chi connectivity index (χ2v) is 6.22. The lowest BCUT2D eigenvalue weighted by Crippen LogP contribution is -2.25. The number of carbonyl (C=O) groups is 1.